The van der Waals surface area contributed by atoms with Crippen molar-refractivity contribution < 1.29 is 13.6 Å². The zero-order chi connectivity index (χ0) is 18.1. The maximum absolute atomic E-state index is 13.3. The highest BCUT2D eigenvalue weighted by atomic mass is 19.1. The van der Waals surface area contributed by atoms with E-state index in [9.17, 15) is 9.18 Å². The van der Waals surface area contributed by atoms with Crippen molar-refractivity contribution in [2.24, 2.45) is 0 Å². The van der Waals surface area contributed by atoms with Gasteiger partial charge >= 0.3 is 0 Å². The Kier molecular flexibility index (Phi) is 3.89. The molecule has 6 nitrogen and oxygen atoms in total. The maximum atomic E-state index is 13.3. The minimum atomic E-state index is -0.362. The first-order valence-electron chi connectivity index (χ1n) is 7.85. The number of fused-ring (bicyclic) bond motifs is 1. The van der Waals surface area contributed by atoms with Gasteiger partial charge < -0.3 is 9.73 Å². The molecule has 0 fully saturated rings. The Morgan fingerprint density at radius 2 is 2.04 bits per heavy atom. The molecule has 4 aromatic rings. The van der Waals surface area contributed by atoms with E-state index in [0.717, 1.165) is 0 Å². The first kappa shape index (κ1) is 15.9. The van der Waals surface area contributed by atoms with Gasteiger partial charge in [0.1, 0.15) is 5.82 Å². The van der Waals surface area contributed by atoms with Crippen molar-refractivity contribution in [2.45, 2.75) is 6.92 Å². The van der Waals surface area contributed by atoms with Gasteiger partial charge in [-0.25, -0.2) is 4.39 Å². The minimum Gasteiger partial charge on any atom is -0.423 e. The first-order chi connectivity index (χ1) is 12.6. The lowest BCUT2D eigenvalue weighted by atomic mass is 10.1. The summed E-state index contributed by atoms with van der Waals surface area (Å²) in [6, 6.07) is 13.1. The molecule has 7 heteroatoms. The molecule has 0 unspecified atom stereocenters. The number of hydrogen-bond donors (Lipinski definition) is 1. The summed E-state index contributed by atoms with van der Waals surface area (Å²) in [6.07, 6.45) is 1.24. The number of aromatic nitrogens is 3. The number of carbonyl (C=O) groups excluding carboxylic acids is 1. The Labute approximate surface area is 147 Å². The Morgan fingerprint density at radius 3 is 2.85 bits per heavy atom. The molecule has 26 heavy (non-hydrogen) atoms. The molecular weight excluding hydrogens is 335 g/mol. The molecule has 0 spiro atoms. The van der Waals surface area contributed by atoms with E-state index in [-0.39, 0.29) is 11.7 Å². The molecule has 4 rings (SSSR count). The molecule has 2 aromatic carbocycles. The molecule has 0 bridgehead atoms. The van der Waals surface area contributed by atoms with Crippen LogP contribution in [0, 0.1) is 12.7 Å². The number of halogens is 1. The van der Waals surface area contributed by atoms with Gasteiger partial charge in [0.15, 0.2) is 0 Å². The fraction of sp³-hybridized carbons (Fsp3) is 0.0526. The molecule has 0 atom stereocenters. The van der Waals surface area contributed by atoms with Crippen LogP contribution in [0.25, 0.3) is 22.4 Å². The predicted molar refractivity (Wildman–Crippen MR) is 94.1 cm³/mol. The number of anilines is 1. The Balaban J connectivity index is 1.64. The van der Waals surface area contributed by atoms with Crippen molar-refractivity contribution in [3.63, 3.8) is 0 Å². The van der Waals surface area contributed by atoms with Gasteiger partial charge in [-0.1, -0.05) is 6.07 Å². The van der Waals surface area contributed by atoms with Crippen LogP contribution < -0.4 is 5.32 Å². The predicted octanol–water partition coefficient (Wildman–Crippen LogP) is 3.98. The standard InChI is InChI=1S/C19H13FN4O2/c1-11-16(8-12-5-6-14(20)9-17(12)22-11)18(25)23-15-4-2-3-13(7-15)19-24-21-10-26-19/h2-10H,1H3,(H,23,25). The van der Waals surface area contributed by atoms with Crippen LogP contribution in [0.1, 0.15) is 16.1 Å². The van der Waals surface area contributed by atoms with Crippen LogP contribution in [-0.4, -0.2) is 21.1 Å². The highest BCUT2D eigenvalue weighted by Crippen LogP contribution is 2.22. The summed E-state index contributed by atoms with van der Waals surface area (Å²) in [5, 5.41) is 11.0. The first-order valence-corrected chi connectivity index (χ1v) is 7.85. The lowest BCUT2D eigenvalue weighted by molar-refractivity contribution is 0.102. The fourth-order valence-electron chi connectivity index (χ4n) is 2.69. The number of rotatable bonds is 3. The van der Waals surface area contributed by atoms with Gasteiger partial charge in [-0.05, 0) is 43.3 Å². The van der Waals surface area contributed by atoms with Crippen LogP contribution >= 0.6 is 0 Å². The summed E-state index contributed by atoms with van der Waals surface area (Å²) in [5.41, 5.74) is 2.74. The van der Waals surface area contributed by atoms with E-state index < -0.39 is 0 Å². The maximum Gasteiger partial charge on any atom is 0.257 e. The van der Waals surface area contributed by atoms with E-state index in [1.165, 1.54) is 18.5 Å². The Morgan fingerprint density at radius 1 is 1.15 bits per heavy atom. The molecule has 0 radical (unpaired) electrons. The van der Waals surface area contributed by atoms with Crippen molar-refractivity contribution >= 4 is 22.5 Å². The van der Waals surface area contributed by atoms with E-state index in [4.69, 9.17) is 4.42 Å². The van der Waals surface area contributed by atoms with Gasteiger partial charge in [-0.3, -0.25) is 9.78 Å². The van der Waals surface area contributed by atoms with E-state index in [1.807, 2.05) is 0 Å². The summed E-state index contributed by atoms with van der Waals surface area (Å²) >= 11 is 0. The van der Waals surface area contributed by atoms with Crippen molar-refractivity contribution in [2.75, 3.05) is 5.32 Å². The highest BCUT2D eigenvalue weighted by Gasteiger charge is 2.13. The minimum absolute atomic E-state index is 0.302. The third-order valence-electron chi connectivity index (χ3n) is 3.94. The third kappa shape index (κ3) is 3.02. The van der Waals surface area contributed by atoms with Gasteiger partial charge in [0.25, 0.3) is 5.91 Å². The second kappa shape index (κ2) is 6.36. The van der Waals surface area contributed by atoms with Gasteiger partial charge in [-0.2, -0.15) is 0 Å². The Hall–Kier alpha value is -3.61. The van der Waals surface area contributed by atoms with Gasteiger partial charge in [0.05, 0.1) is 16.8 Å². The molecule has 0 aliphatic carbocycles. The molecule has 2 heterocycles. The van der Waals surface area contributed by atoms with Gasteiger partial charge in [0, 0.05) is 22.7 Å². The number of carbonyl (C=O) groups is 1. The third-order valence-corrected chi connectivity index (χ3v) is 3.94. The summed E-state index contributed by atoms with van der Waals surface area (Å²) in [4.78, 5) is 17.0. The lowest BCUT2D eigenvalue weighted by Gasteiger charge is -2.09. The summed E-state index contributed by atoms with van der Waals surface area (Å²) < 4.78 is 18.5. The topological polar surface area (TPSA) is 80.9 Å². The number of benzene rings is 2. The average molecular weight is 348 g/mol. The molecule has 0 aliphatic heterocycles. The number of nitrogens with zero attached hydrogens (tertiary/aromatic N) is 3. The molecule has 2 aromatic heterocycles. The zero-order valence-corrected chi connectivity index (χ0v) is 13.7. The van der Waals surface area contributed by atoms with Crippen LogP contribution in [0.3, 0.4) is 0 Å². The summed E-state index contributed by atoms with van der Waals surface area (Å²) in [7, 11) is 0. The van der Waals surface area contributed by atoms with Gasteiger partial charge in [0.2, 0.25) is 12.3 Å². The van der Waals surface area contributed by atoms with Crippen LogP contribution in [0.15, 0.2) is 59.3 Å². The van der Waals surface area contributed by atoms with Crippen LogP contribution in [0.4, 0.5) is 10.1 Å². The summed E-state index contributed by atoms with van der Waals surface area (Å²) in [5.74, 6) is -0.296. The highest BCUT2D eigenvalue weighted by molar-refractivity contribution is 6.07. The quantitative estimate of drug-likeness (QED) is 0.605. The van der Waals surface area contributed by atoms with Crippen molar-refractivity contribution in [3.8, 4) is 11.5 Å². The molecule has 0 aliphatic rings. The van der Waals surface area contributed by atoms with Crippen molar-refractivity contribution in [1.29, 1.82) is 0 Å². The van der Waals surface area contributed by atoms with Crippen LogP contribution in [-0.2, 0) is 0 Å². The van der Waals surface area contributed by atoms with Crippen molar-refractivity contribution in [3.05, 3.63) is 72.0 Å². The van der Waals surface area contributed by atoms with E-state index >= 15 is 0 Å². The second-order valence-electron chi connectivity index (χ2n) is 5.74. The van der Waals surface area contributed by atoms with Crippen LogP contribution in [0.2, 0.25) is 0 Å². The number of pyridine rings is 1. The Bertz CT molecular complexity index is 1110. The fourth-order valence-corrected chi connectivity index (χ4v) is 2.69. The lowest BCUT2D eigenvalue weighted by Crippen LogP contribution is -2.14. The van der Waals surface area contributed by atoms with Gasteiger partial charge in [-0.15, -0.1) is 10.2 Å². The molecule has 0 saturated heterocycles. The number of amides is 1. The van der Waals surface area contributed by atoms with Crippen LogP contribution in [0.5, 0.6) is 0 Å². The largest absolute Gasteiger partial charge is 0.423 e. The SMILES string of the molecule is Cc1nc2cc(F)ccc2cc1C(=O)Nc1cccc(-c2nnco2)c1. The second-order valence-corrected chi connectivity index (χ2v) is 5.74. The normalized spacial score (nSPS) is 10.8. The molecular formula is C19H13FN4O2. The van der Waals surface area contributed by atoms with E-state index in [2.05, 4.69) is 20.5 Å². The number of hydrogen-bond acceptors (Lipinski definition) is 5. The van der Waals surface area contributed by atoms with Crippen molar-refractivity contribution in [1.82, 2.24) is 15.2 Å². The number of aryl methyl sites for hydroxylation is 1. The van der Waals surface area contributed by atoms with E-state index in [1.54, 1.807) is 43.3 Å². The zero-order valence-electron chi connectivity index (χ0n) is 13.7. The molecule has 0 saturated carbocycles. The average Bonchev–Trinajstić information content (AvgIpc) is 3.16. The number of nitrogens with one attached hydrogen (secondary N) is 1. The monoisotopic (exact) mass is 348 g/mol. The molecule has 128 valence electrons. The van der Waals surface area contributed by atoms with E-state index in [0.29, 0.717) is 39.3 Å². The molecule has 1 N–H and O–H groups in total. The summed E-state index contributed by atoms with van der Waals surface area (Å²) in [6.45, 7) is 1.72. The smallest absolute Gasteiger partial charge is 0.257 e. The molecule has 1 amide bonds.